The Morgan fingerprint density at radius 1 is 1.52 bits per heavy atom. The Kier molecular flexibility index (Phi) is 4.79. The molecule has 0 aliphatic carbocycles. The van der Waals surface area contributed by atoms with Crippen molar-refractivity contribution < 1.29 is 17.9 Å². The molecule has 1 saturated heterocycles. The molecule has 0 saturated carbocycles. The van der Waals surface area contributed by atoms with E-state index in [1.165, 1.54) is 18.3 Å². The Bertz CT molecular complexity index is 594. The van der Waals surface area contributed by atoms with Crippen LogP contribution in [0.15, 0.2) is 23.4 Å². The average Bonchev–Trinajstić information content (AvgIpc) is 2.91. The van der Waals surface area contributed by atoms with Crippen LogP contribution in [0, 0.1) is 5.92 Å². The first-order chi connectivity index (χ1) is 9.86. The molecule has 1 atom stereocenters. The number of ether oxygens (including phenoxy) is 1. The highest BCUT2D eigenvalue weighted by atomic mass is 32.2. The summed E-state index contributed by atoms with van der Waals surface area (Å²) < 4.78 is 27.9. The van der Waals surface area contributed by atoms with Gasteiger partial charge in [-0.3, -0.25) is 0 Å². The van der Waals surface area contributed by atoms with Crippen molar-refractivity contribution >= 4 is 21.6 Å². The number of aromatic nitrogens is 1. The molecule has 1 aromatic rings. The summed E-state index contributed by atoms with van der Waals surface area (Å²) in [4.78, 5) is 17.4. The van der Waals surface area contributed by atoms with Crippen molar-refractivity contribution in [3.8, 4) is 0 Å². The number of carbonyl (C=O) groups is 1. The highest BCUT2D eigenvalue weighted by Crippen LogP contribution is 2.14. The van der Waals surface area contributed by atoms with E-state index in [0.717, 1.165) is 19.3 Å². The van der Waals surface area contributed by atoms with Crippen molar-refractivity contribution in [2.45, 2.75) is 11.4 Å². The molecule has 1 aliphatic rings. The van der Waals surface area contributed by atoms with E-state index >= 15 is 0 Å². The second-order valence-corrected chi connectivity index (χ2v) is 7.16. The number of hydrogen-bond donors (Lipinski definition) is 1. The minimum Gasteiger partial charge on any atom is -0.381 e. The first-order valence-corrected chi connectivity index (χ1v) is 8.51. The lowest BCUT2D eigenvalue weighted by Gasteiger charge is -2.20. The first kappa shape index (κ1) is 15.7. The molecular weight excluding hydrogens is 294 g/mol. The molecule has 116 valence electrons. The smallest absolute Gasteiger partial charge is 0.321 e. The molecule has 1 aromatic heterocycles. The lowest BCUT2D eigenvalue weighted by molar-refractivity contribution is 0.175. The monoisotopic (exact) mass is 313 g/mol. The molecule has 0 bridgehead atoms. The number of nitrogens with one attached hydrogen (secondary N) is 1. The zero-order valence-electron chi connectivity index (χ0n) is 12.1. The van der Waals surface area contributed by atoms with E-state index in [1.54, 1.807) is 11.9 Å². The molecule has 1 fully saturated rings. The van der Waals surface area contributed by atoms with Crippen LogP contribution >= 0.6 is 0 Å². The maximum absolute atomic E-state index is 12.0. The fourth-order valence-corrected chi connectivity index (χ4v) is 2.65. The van der Waals surface area contributed by atoms with Gasteiger partial charge in [0.1, 0.15) is 0 Å². The van der Waals surface area contributed by atoms with E-state index in [1.807, 2.05) is 0 Å². The fraction of sp³-hybridized carbons (Fsp3) is 0.538. The van der Waals surface area contributed by atoms with Gasteiger partial charge in [0.25, 0.3) is 0 Å². The number of amides is 2. The number of rotatable bonds is 4. The number of anilines is 1. The second-order valence-electron chi connectivity index (χ2n) is 5.20. The van der Waals surface area contributed by atoms with Gasteiger partial charge in [-0.25, -0.2) is 18.2 Å². The Morgan fingerprint density at radius 2 is 2.29 bits per heavy atom. The first-order valence-electron chi connectivity index (χ1n) is 6.62. The van der Waals surface area contributed by atoms with Gasteiger partial charge < -0.3 is 15.0 Å². The average molecular weight is 313 g/mol. The number of urea groups is 1. The predicted molar refractivity (Wildman–Crippen MR) is 77.9 cm³/mol. The van der Waals surface area contributed by atoms with Gasteiger partial charge in [-0.05, 0) is 18.6 Å². The Morgan fingerprint density at radius 3 is 2.81 bits per heavy atom. The van der Waals surface area contributed by atoms with Crippen LogP contribution in [0.2, 0.25) is 0 Å². The summed E-state index contributed by atoms with van der Waals surface area (Å²) >= 11 is 0. The maximum Gasteiger partial charge on any atom is 0.321 e. The molecule has 2 amide bonds. The van der Waals surface area contributed by atoms with E-state index in [2.05, 4.69) is 10.3 Å². The van der Waals surface area contributed by atoms with Crippen LogP contribution in [0.1, 0.15) is 6.42 Å². The van der Waals surface area contributed by atoms with Gasteiger partial charge in [0, 0.05) is 32.4 Å². The Hall–Kier alpha value is -1.67. The zero-order chi connectivity index (χ0) is 15.5. The molecule has 8 heteroatoms. The van der Waals surface area contributed by atoms with Gasteiger partial charge in [0.15, 0.2) is 14.9 Å². The quantitative estimate of drug-likeness (QED) is 0.895. The van der Waals surface area contributed by atoms with Crippen LogP contribution < -0.4 is 5.32 Å². The van der Waals surface area contributed by atoms with E-state index in [0.29, 0.717) is 24.8 Å². The molecular formula is C13H19N3O4S. The number of carbonyl (C=O) groups excluding carboxylic acids is 1. The van der Waals surface area contributed by atoms with Gasteiger partial charge in [-0.2, -0.15) is 0 Å². The minimum atomic E-state index is -3.33. The molecule has 1 aliphatic heterocycles. The molecule has 1 unspecified atom stereocenters. The molecule has 7 nitrogen and oxygen atoms in total. The lowest BCUT2D eigenvalue weighted by atomic mass is 10.1. The molecule has 2 heterocycles. The van der Waals surface area contributed by atoms with Crippen molar-refractivity contribution in [2.75, 3.05) is 38.4 Å². The summed E-state index contributed by atoms with van der Waals surface area (Å²) in [7, 11) is -1.61. The van der Waals surface area contributed by atoms with Crippen molar-refractivity contribution in [1.29, 1.82) is 0 Å². The van der Waals surface area contributed by atoms with Gasteiger partial charge in [-0.15, -0.1) is 0 Å². The van der Waals surface area contributed by atoms with Crippen molar-refractivity contribution in [3.63, 3.8) is 0 Å². The fourth-order valence-electron chi connectivity index (χ4n) is 2.09. The van der Waals surface area contributed by atoms with E-state index < -0.39 is 9.84 Å². The van der Waals surface area contributed by atoms with Crippen LogP contribution in [0.25, 0.3) is 0 Å². The molecule has 1 N–H and O–H groups in total. The molecule has 0 aromatic carbocycles. The maximum atomic E-state index is 12.0. The third-order valence-electron chi connectivity index (χ3n) is 3.27. The number of pyridine rings is 1. The second kappa shape index (κ2) is 6.40. The van der Waals surface area contributed by atoms with Crippen LogP contribution in [0.3, 0.4) is 0 Å². The van der Waals surface area contributed by atoms with Crippen LogP contribution in [-0.2, 0) is 14.6 Å². The third-order valence-corrected chi connectivity index (χ3v) is 4.27. The predicted octanol–water partition coefficient (Wildman–Crippen LogP) is 0.985. The Labute approximate surface area is 124 Å². The highest BCUT2D eigenvalue weighted by Gasteiger charge is 2.20. The topological polar surface area (TPSA) is 88.6 Å². The van der Waals surface area contributed by atoms with Crippen molar-refractivity contribution in [1.82, 2.24) is 9.88 Å². The van der Waals surface area contributed by atoms with Crippen LogP contribution in [0.4, 0.5) is 10.5 Å². The number of sulfone groups is 1. The largest absolute Gasteiger partial charge is 0.381 e. The molecule has 21 heavy (non-hydrogen) atoms. The normalized spacial score (nSPS) is 18.5. The summed E-state index contributed by atoms with van der Waals surface area (Å²) in [5.74, 6) is 0.367. The van der Waals surface area contributed by atoms with E-state index in [-0.39, 0.29) is 11.1 Å². The van der Waals surface area contributed by atoms with E-state index in [9.17, 15) is 13.2 Å². The summed E-state index contributed by atoms with van der Waals surface area (Å²) in [6.45, 7) is 2.06. The third kappa shape index (κ3) is 4.40. The summed E-state index contributed by atoms with van der Waals surface area (Å²) in [6.07, 6.45) is 3.38. The summed E-state index contributed by atoms with van der Waals surface area (Å²) in [5.41, 5.74) is 0.460. The van der Waals surface area contributed by atoms with Gasteiger partial charge in [0.05, 0.1) is 18.5 Å². The molecule has 0 spiro atoms. The SMILES string of the molecule is CN(CC1CCOC1)C(=O)Nc1ccc(S(C)(=O)=O)nc1. The van der Waals surface area contributed by atoms with Gasteiger partial charge >= 0.3 is 6.03 Å². The number of nitrogens with zero attached hydrogens (tertiary/aromatic N) is 2. The van der Waals surface area contributed by atoms with Gasteiger partial charge in [-0.1, -0.05) is 0 Å². The molecule has 0 radical (unpaired) electrons. The standard InChI is InChI=1S/C13H19N3O4S/c1-16(8-10-5-6-20-9-10)13(17)15-11-3-4-12(14-7-11)21(2,18)19/h3-4,7,10H,5-6,8-9H2,1-2H3,(H,15,17). The lowest BCUT2D eigenvalue weighted by Crippen LogP contribution is -2.35. The van der Waals surface area contributed by atoms with Crippen LogP contribution in [-0.4, -0.2) is 57.4 Å². The molecule has 2 rings (SSSR count). The van der Waals surface area contributed by atoms with E-state index in [4.69, 9.17) is 4.74 Å². The summed E-state index contributed by atoms with van der Waals surface area (Å²) in [5, 5.41) is 2.67. The van der Waals surface area contributed by atoms with Crippen LogP contribution in [0.5, 0.6) is 0 Å². The highest BCUT2D eigenvalue weighted by molar-refractivity contribution is 7.90. The van der Waals surface area contributed by atoms with Crippen molar-refractivity contribution in [3.05, 3.63) is 18.3 Å². The minimum absolute atomic E-state index is 0.0167. The number of hydrogen-bond acceptors (Lipinski definition) is 5. The summed E-state index contributed by atoms with van der Waals surface area (Å²) in [6, 6.07) is 2.64. The van der Waals surface area contributed by atoms with Crippen molar-refractivity contribution in [2.24, 2.45) is 5.92 Å². The van der Waals surface area contributed by atoms with Gasteiger partial charge in [0.2, 0.25) is 0 Å². The zero-order valence-corrected chi connectivity index (χ0v) is 12.9. The Balaban J connectivity index is 1.92.